The number of amides is 2. The molecule has 2 aromatic carbocycles. The number of carbonyl (C=O) groups excluding carboxylic acids is 2. The van der Waals surface area contributed by atoms with Crippen molar-refractivity contribution in [3.05, 3.63) is 69.7 Å². The second-order valence-electron chi connectivity index (χ2n) is 8.34. The lowest BCUT2D eigenvalue weighted by Gasteiger charge is -2.40. The van der Waals surface area contributed by atoms with Gasteiger partial charge in [0.2, 0.25) is 5.91 Å². The molecule has 0 bridgehead atoms. The number of benzene rings is 2. The summed E-state index contributed by atoms with van der Waals surface area (Å²) in [7, 11) is 0. The molecule has 184 valence electrons. The van der Waals surface area contributed by atoms with Crippen molar-refractivity contribution in [2.24, 2.45) is 11.7 Å². The summed E-state index contributed by atoms with van der Waals surface area (Å²) in [6.45, 7) is 0.0621. The lowest BCUT2D eigenvalue weighted by atomic mass is 9.85. The molecular formula is C23H21ClF6N2O2. The summed E-state index contributed by atoms with van der Waals surface area (Å²) in [5.41, 5.74) is 2.26. The number of nitrogens with two attached hydrogens (primary N) is 1. The number of carbonyl (C=O) groups is 2. The molecule has 1 aliphatic heterocycles. The molecule has 0 aliphatic carbocycles. The predicted octanol–water partition coefficient (Wildman–Crippen LogP) is 5.72. The van der Waals surface area contributed by atoms with Gasteiger partial charge in [0.15, 0.2) is 0 Å². The molecule has 2 amide bonds. The minimum atomic E-state index is -5.06. The molecule has 2 N–H and O–H groups in total. The van der Waals surface area contributed by atoms with Crippen LogP contribution in [-0.2, 0) is 23.6 Å². The molecule has 3 rings (SSSR count). The van der Waals surface area contributed by atoms with Gasteiger partial charge in [-0.25, -0.2) is 0 Å². The van der Waals surface area contributed by atoms with E-state index in [9.17, 15) is 35.9 Å². The van der Waals surface area contributed by atoms with E-state index >= 15 is 0 Å². The van der Waals surface area contributed by atoms with Crippen LogP contribution in [0.4, 0.5) is 26.3 Å². The molecule has 2 aromatic rings. The van der Waals surface area contributed by atoms with Crippen molar-refractivity contribution in [1.82, 2.24) is 4.90 Å². The van der Waals surface area contributed by atoms with Gasteiger partial charge in [0, 0.05) is 29.6 Å². The number of likely N-dealkylation sites (tertiary alicyclic amines) is 1. The molecule has 11 heteroatoms. The second kappa shape index (κ2) is 9.85. The van der Waals surface area contributed by atoms with E-state index in [0.29, 0.717) is 30.0 Å². The van der Waals surface area contributed by atoms with Crippen LogP contribution in [0.3, 0.4) is 0 Å². The number of alkyl halides is 6. The lowest BCUT2D eigenvalue weighted by molar-refractivity contribution is -0.143. The SMILES string of the molecule is NC(=O)C[C@H]1CCN(C(=O)c2cc(C(F)(F)F)cc(C(F)(F)F)c2)[C@@H](Cc2ccc(Cl)cc2)C1. The van der Waals surface area contributed by atoms with E-state index in [2.05, 4.69) is 0 Å². The van der Waals surface area contributed by atoms with E-state index < -0.39 is 46.9 Å². The Morgan fingerprint density at radius 3 is 2.03 bits per heavy atom. The van der Waals surface area contributed by atoms with Gasteiger partial charge in [0.05, 0.1) is 11.1 Å². The van der Waals surface area contributed by atoms with Crippen LogP contribution < -0.4 is 5.73 Å². The average Bonchev–Trinajstić information content (AvgIpc) is 2.73. The number of hydrogen-bond donors (Lipinski definition) is 1. The van der Waals surface area contributed by atoms with E-state index in [1.54, 1.807) is 24.3 Å². The molecule has 0 saturated carbocycles. The zero-order valence-electron chi connectivity index (χ0n) is 17.7. The molecule has 2 atom stereocenters. The van der Waals surface area contributed by atoms with Gasteiger partial charge in [0.25, 0.3) is 5.91 Å². The molecule has 1 aliphatic rings. The van der Waals surface area contributed by atoms with Gasteiger partial charge in [-0.2, -0.15) is 26.3 Å². The second-order valence-corrected chi connectivity index (χ2v) is 8.77. The van der Waals surface area contributed by atoms with Crippen molar-refractivity contribution >= 4 is 23.4 Å². The fraction of sp³-hybridized carbons (Fsp3) is 0.391. The summed E-state index contributed by atoms with van der Waals surface area (Å²) in [5.74, 6) is -1.62. The Bertz CT molecular complexity index is 1020. The maximum absolute atomic E-state index is 13.3. The zero-order valence-corrected chi connectivity index (χ0v) is 18.5. The number of hydrogen-bond acceptors (Lipinski definition) is 2. The van der Waals surface area contributed by atoms with Crippen LogP contribution in [0.2, 0.25) is 5.02 Å². The minimum Gasteiger partial charge on any atom is -0.370 e. The summed E-state index contributed by atoms with van der Waals surface area (Å²) in [6, 6.07) is 7.00. The smallest absolute Gasteiger partial charge is 0.370 e. The highest BCUT2D eigenvalue weighted by Crippen LogP contribution is 2.37. The average molecular weight is 507 g/mol. The number of rotatable bonds is 5. The van der Waals surface area contributed by atoms with Crippen LogP contribution in [0.1, 0.15) is 46.3 Å². The van der Waals surface area contributed by atoms with Gasteiger partial charge in [-0.15, -0.1) is 0 Å². The van der Waals surface area contributed by atoms with Gasteiger partial charge < -0.3 is 10.6 Å². The fourth-order valence-corrected chi connectivity index (χ4v) is 4.33. The third kappa shape index (κ3) is 6.43. The van der Waals surface area contributed by atoms with Crippen molar-refractivity contribution in [2.45, 2.75) is 44.1 Å². The Hall–Kier alpha value is -2.75. The summed E-state index contributed by atoms with van der Waals surface area (Å²) in [4.78, 5) is 25.9. The maximum atomic E-state index is 13.3. The number of primary amides is 1. The highest BCUT2D eigenvalue weighted by Gasteiger charge is 2.39. The monoisotopic (exact) mass is 506 g/mol. The first-order valence-corrected chi connectivity index (χ1v) is 10.7. The molecule has 0 unspecified atom stereocenters. The van der Waals surface area contributed by atoms with Crippen LogP contribution in [0, 0.1) is 5.92 Å². The van der Waals surface area contributed by atoms with E-state index in [4.69, 9.17) is 17.3 Å². The molecule has 1 fully saturated rings. The van der Waals surface area contributed by atoms with Crippen molar-refractivity contribution in [3.63, 3.8) is 0 Å². The van der Waals surface area contributed by atoms with Crippen molar-refractivity contribution in [1.29, 1.82) is 0 Å². The van der Waals surface area contributed by atoms with Gasteiger partial charge in [-0.3, -0.25) is 9.59 Å². The number of piperidine rings is 1. The standard InChI is InChI=1S/C23H21ClF6N2O2/c24-18-3-1-13(2-4-18)7-19-8-14(9-20(31)33)5-6-32(19)21(34)15-10-16(22(25,26)27)12-17(11-15)23(28,29)30/h1-4,10-12,14,19H,5-9H2,(H2,31,33)/t14-,19-/m0/s1. The summed E-state index contributed by atoms with van der Waals surface area (Å²) in [5, 5.41) is 0.482. The Kier molecular flexibility index (Phi) is 7.50. The first kappa shape index (κ1) is 25.9. The largest absolute Gasteiger partial charge is 0.416 e. The van der Waals surface area contributed by atoms with Gasteiger partial charge in [-0.1, -0.05) is 23.7 Å². The molecule has 1 heterocycles. The molecule has 1 saturated heterocycles. The predicted molar refractivity (Wildman–Crippen MR) is 113 cm³/mol. The number of nitrogens with zero attached hydrogens (tertiary/aromatic N) is 1. The summed E-state index contributed by atoms with van der Waals surface area (Å²) >= 11 is 5.90. The topological polar surface area (TPSA) is 63.4 Å². The molecule has 34 heavy (non-hydrogen) atoms. The van der Waals surface area contributed by atoms with Gasteiger partial charge in [-0.05, 0) is 61.1 Å². The third-order valence-corrected chi connectivity index (χ3v) is 6.05. The van der Waals surface area contributed by atoms with Gasteiger partial charge in [0.1, 0.15) is 0 Å². The molecule has 4 nitrogen and oxygen atoms in total. The van der Waals surface area contributed by atoms with Crippen molar-refractivity contribution in [2.75, 3.05) is 6.54 Å². The molecule has 0 radical (unpaired) electrons. The maximum Gasteiger partial charge on any atom is 0.416 e. The molecule has 0 aromatic heterocycles. The minimum absolute atomic E-state index is 0.0128. The normalized spacial score (nSPS) is 19.2. The zero-order chi connectivity index (χ0) is 25.3. The van der Waals surface area contributed by atoms with E-state index in [1.165, 1.54) is 4.90 Å². The van der Waals surface area contributed by atoms with Crippen LogP contribution in [0.25, 0.3) is 0 Å². The highest BCUT2D eigenvalue weighted by molar-refractivity contribution is 6.30. The van der Waals surface area contributed by atoms with E-state index in [1.807, 2.05) is 0 Å². The van der Waals surface area contributed by atoms with Crippen LogP contribution in [-0.4, -0.2) is 29.3 Å². The van der Waals surface area contributed by atoms with Crippen LogP contribution >= 0.6 is 11.6 Å². The van der Waals surface area contributed by atoms with Crippen molar-refractivity contribution < 1.29 is 35.9 Å². The summed E-state index contributed by atoms with van der Waals surface area (Å²) < 4.78 is 79.6. The van der Waals surface area contributed by atoms with Crippen LogP contribution in [0.15, 0.2) is 42.5 Å². The van der Waals surface area contributed by atoms with Gasteiger partial charge >= 0.3 is 12.4 Å². The van der Waals surface area contributed by atoms with E-state index in [0.717, 1.165) is 5.56 Å². The molecular weight excluding hydrogens is 486 g/mol. The number of halogens is 7. The Balaban J connectivity index is 1.96. The Morgan fingerprint density at radius 2 is 1.53 bits per heavy atom. The third-order valence-electron chi connectivity index (χ3n) is 5.79. The fourth-order valence-electron chi connectivity index (χ4n) is 4.20. The Labute approximate surface area is 196 Å². The Morgan fingerprint density at radius 1 is 0.971 bits per heavy atom. The van der Waals surface area contributed by atoms with E-state index in [-0.39, 0.29) is 31.4 Å². The first-order valence-electron chi connectivity index (χ1n) is 10.4. The first-order chi connectivity index (χ1) is 15.7. The van der Waals surface area contributed by atoms with Crippen LogP contribution in [0.5, 0.6) is 0 Å². The summed E-state index contributed by atoms with van der Waals surface area (Å²) in [6.07, 6.45) is -9.11. The quantitative estimate of drug-likeness (QED) is 0.527. The molecule has 0 spiro atoms. The van der Waals surface area contributed by atoms with Crippen molar-refractivity contribution in [3.8, 4) is 0 Å². The lowest BCUT2D eigenvalue weighted by Crippen LogP contribution is -2.47. The highest BCUT2D eigenvalue weighted by atomic mass is 35.5.